The Hall–Kier alpha value is -1.16. The maximum absolute atomic E-state index is 4.11. The zero-order chi connectivity index (χ0) is 11.5. The molecule has 1 aliphatic heterocycles. The zero-order valence-corrected chi connectivity index (χ0v) is 10.3. The molecule has 1 aliphatic rings. The predicted molar refractivity (Wildman–Crippen MR) is 65.5 cm³/mol. The number of hydrogen-bond donors (Lipinski definition) is 1. The van der Waals surface area contributed by atoms with E-state index in [1.807, 2.05) is 6.92 Å². The third-order valence-corrected chi connectivity index (χ3v) is 3.23. The highest BCUT2D eigenvalue weighted by Gasteiger charge is 2.24. The van der Waals surface area contributed by atoms with Crippen LogP contribution in [0.1, 0.15) is 18.9 Å². The van der Waals surface area contributed by atoms with Crippen LogP contribution in [-0.4, -0.2) is 41.3 Å². The number of likely N-dealkylation sites (tertiary alicyclic amines) is 1. The Labute approximate surface area is 97.1 Å². The van der Waals surface area contributed by atoms with Crippen LogP contribution in [0.15, 0.2) is 12.3 Å². The second-order valence-electron chi connectivity index (χ2n) is 4.90. The van der Waals surface area contributed by atoms with E-state index >= 15 is 0 Å². The maximum Gasteiger partial charge on any atom is 0.149 e. The van der Waals surface area contributed by atoms with Crippen LogP contribution in [0.2, 0.25) is 0 Å². The lowest BCUT2D eigenvalue weighted by molar-refractivity contribution is 0.206. The van der Waals surface area contributed by atoms with Crippen LogP contribution in [-0.2, 0) is 0 Å². The maximum atomic E-state index is 4.11. The van der Waals surface area contributed by atoms with E-state index in [-0.39, 0.29) is 0 Å². The number of hydrogen-bond acceptors (Lipinski definition) is 4. The largest absolute Gasteiger partial charge is 0.365 e. The summed E-state index contributed by atoms with van der Waals surface area (Å²) in [6.45, 7) is 6.63. The standard InChI is InChI=1S/C12H20N4/c1-9-6-12(15-13-7-9)14-11-4-5-16(3)8-10(11)2/h6-7,10-11H,4-5,8H2,1-3H3,(H,14,15). The second-order valence-corrected chi connectivity index (χ2v) is 4.90. The summed E-state index contributed by atoms with van der Waals surface area (Å²) in [5, 5.41) is 11.6. The third-order valence-electron chi connectivity index (χ3n) is 3.23. The fourth-order valence-corrected chi connectivity index (χ4v) is 2.29. The van der Waals surface area contributed by atoms with Gasteiger partial charge >= 0.3 is 0 Å². The number of anilines is 1. The van der Waals surface area contributed by atoms with Crippen molar-refractivity contribution >= 4 is 5.82 Å². The molecular weight excluding hydrogens is 200 g/mol. The fraction of sp³-hybridized carbons (Fsp3) is 0.667. The Bertz CT molecular complexity index is 353. The van der Waals surface area contributed by atoms with Gasteiger partial charge in [0.1, 0.15) is 5.82 Å². The van der Waals surface area contributed by atoms with Gasteiger partial charge in [0, 0.05) is 12.6 Å². The minimum atomic E-state index is 0.521. The van der Waals surface area contributed by atoms with E-state index in [1.54, 1.807) is 6.20 Å². The average molecular weight is 220 g/mol. The van der Waals surface area contributed by atoms with Gasteiger partial charge in [0.2, 0.25) is 0 Å². The van der Waals surface area contributed by atoms with Gasteiger partial charge in [0.25, 0.3) is 0 Å². The molecule has 4 nitrogen and oxygen atoms in total. The van der Waals surface area contributed by atoms with E-state index in [0.717, 1.165) is 24.5 Å². The molecule has 2 atom stereocenters. The minimum Gasteiger partial charge on any atom is -0.365 e. The van der Waals surface area contributed by atoms with E-state index in [1.165, 1.54) is 6.42 Å². The van der Waals surface area contributed by atoms with Gasteiger partial charge in [-0.1, -0.05) is 6.92 Å². The normalized spacial score (nSPS) is 26.7. The molecule has 1 fully saturated rings. The van der Waals surface area contributed by atoms with Crippen molar-refractivity contribution in [2.75, 3.05) is 25.5 Å². The molecule has 0 saturated carbocycles. The molecule has 1 aromatic heterocycles. The molecule has 1 saturated heterocycles. The Morgan fingerprint density at radius 3 is 3.00 bits per heavy atom. The van der Waals surface area contributed by atoms with E-state index < -0.39 is 0 Å². The Kier molecular flexibility index (Phi) is 3.39. The van der Waals surface area contributed by atoms with Gasteiger partial charge in [-0.05, 0) is 44.5 Å². The van der Waals surface area contributed by atoms with Crippen LogP contribution < -0.4 is 5.32 Å². The SMILES string of the molecule is Cc1cnnc(NC2CCN(C)CC2C)c1. The first-order valence-electron chi connectivity index (χ1n) is 5.89. The minimum absolute atomic E-state index is 0.521. The highest BCUT2D eigenvalue weighted by Crippen LogP contribution is 2.19. The summed E-state index contributed by atoms with van der Waals surface area (Å²) in [5.74, 6) is 1.56. The molecule has 2 unspecified atom stereocenters. The van der Waals surface area contributed by atoms with Gasteiger partial charge in [0.15, 0.2) is 0 Å². The lowest BCUT2D eigenvalue weighted by Gasteiger charge is -2.35. The van der Waals surface area contributed by atoms with Gasteiger partial charge in [-0.15, -0.1) is 5.10 Å². The van der Waals surface area contributed by atoms with E-state index in [4.69, 9.17) is 0 Å². The Morgan fingerprint density at radius 1 is 1.50 bits per heavy atom. The number of rotatable bonds is 2. The van der Waals surface area contributed by atoms with Crippen molar-refractivity contribution in [1.29, 1.82) is 0 Å². The molecule has 0 spiro atoms. The molecule has 1 aromatic rings. The quantitative estimate of drug-likeness (QED) is 0.821. The summed E-state index contributed by atoms with van der Waals surface area (Å²) in [4.78, 5) is 2.38. The monoisotopic (exact) mass is 220 g/mol. The Morgan fingerprint density at radius 2 is 2.31 bits per heavy atom. The molecule has 0 aromatic carbocycles. The molecule has 0 bridgehead atoms. The molecular formula is C12H20N4. The summed E-state index contributed by atoms with van der Waals surface area (Å²) < 4.78 is 0. The highest BCUT2D eigenvalue weighted by molar-refractivity contribution is 5.36. The average Bonchev–Trinajstić information content (AvgIpc) is 2.22. The van der Waals surface area contributed by atoms with Crippen molar-refractivity contribution in [1.82, 2.24) is 15.1 Å². The molecule has 0 radical (unpaired) electrons. The van der Waals surface area contributed by atoms with E-state index in [0.29, 0.717) is 12.0 Å². The molecule has 4 heteroatoms. The van der Waals surface area contributed by atoms with Gasteiger partial charge < -0.3 is 10.2 Å². The van der Waals surface area contributed by atoms with Crippen LogP contribution in [0.4, 0.5) is 5.82 Å². The van der Waals surface area contributed by atoms with Crippen molar-refractivity contribution in [3.05, 3.63) is 17.8 Å². The number of nitrogens with zero attached hydrogens (tertiary/aromatic N) is 3. The Balaban J connectivity index is 1.99. The van der Waals surface area contributed by atoms with Crippen molar-refractivity contribution in [2.45, 2.75) is 26.3 Å². The number of piperidine rings is 1. The van der Waals surface area contributed by atoms with Gasteiger partial charge in [-0.25, -0.2) is 0 Å². The molecule has 0 amide bonds. The first-order valence-corrected chi connectivity index (χ1v) is 5.89. The third kappa shape index (κ3) is 2.70. The lowest BCUT2D eigenvalue weighted by Crippen LogP contribution is -2.43. The van der Waals surface area contributed by atoms with E-state index in [2.05, 4.69) is 40.5 Å². The van der Waals surface area contributed by atoms with Crippen LogP contribution >= 0.6 is 0 Å². The molecule has 2 rings (SSSR count). The second kappa shape index (κ2) is 4.78. The number of nitrogens with one attached hydrogen (secondary N) is 1. The summed E-state index contributed by atoms with van der Waals surface area (Å²) in [7, 11) is 2.18. The van der Waals surface area contributed by atoms with Gasteiger partial charge in [-0.3, -0.25) is 0 Å². The lowest BCUT2D eigenvalue weighted by atomic mass is 9.94. The topological polar surface area (TPSA) is 41.1 Å². The van der Waals surface area contributed by atoms with Crippen LogP contribution in [0.5, 0.6) is 0 Å². The summed E-state index contributed by atoms with van der Waals surface area (Å²) in [5.41, 5.74) is 1.15. The van der Waals surface area contributed by atoms with Crippen LogP contribution in [0, 0.1) is 12.8 Å². The van der Waals surface area contributed by atoms with Crippen LogP contribution in [0.25, 0.3) is 0 Å². The number of aryl methyl sites for hydroxylation is 1. The van der Waals surface area contributed by atoms with Crippen LogP contribution in [0.3, 0.4) is 0 Å². The van der Waals surface area contributed by atoms with Gasteiger partial charge in [-0.2, -0.15) is 5.10 Å². The molecule has 1 N–H and O–H groups in total. The fourth-order valence-electron chi connectivity index (χ4n) is 2.29. The zero-order valence-electron chi connectivity index (χ0n) is 10.3. The van der Waals surface area contributed by atoms with Gasteiger partial charge in [0.05, 0.1) is 6.20 Å². The van der Waals surface area contributed by atoms with Crippen molar-refractivity contribution in [3.8, 4) is 0 Å². The van der Waals surface area contributed by atoms with E-state index in [9.17, 15) is 0 Å². The van der Waals surface area contributed by atoms with Crippen molar-refractivity contribution in [2.24, 2.45) is 5.92 Å². The molecule has 16 heavy (non-hydrogen) atoms. The summed E-state index contributed by atoms with van der Waals surface area (Å²) in [6.07, 6.45) is 2.95. The van der Waals surface area contributed by atoms with Crippen molar-refractivity contribution in [3.63, 3.8) is 0 Å². The van der Waals surface area contributed by atoms with Crippen molar-refractivity contribution < 1.29 is 0 Å². The molecule has 88 valence electrons. The first-order chi connectivity index (χ1) is 7.65. The highest BCUT2D eigenvalue weighted by atomic mass is 15.2. The predicted octanol–water partition coefficient (Wildman–Crippen LogP) is 1.54. The molecule has 0 aliphatic carbocycles. The first kappa shape index (κ1) is 11.3. The summed E-state index contributed by atoms with van der Waals surface area (Å²) in [6, 6.07) is 2.57. The molecule has 2 heterocycles. The smallest absolute Gasteiger partial charge is 0.149 e. The number of aromatic nitrogens is 2. The summed E-state index contributed by atoms with van der Waals surface area (Å²) >= 11 is 0.